The van der Waals surface area contributed by atoms with E-state index in [0.29, 0.717) is 0 Å². The van der Waals surface area contributed by atoms with Crippen molar-refractivity contribution in [2.24, 2.45) is 0 Å². The fraction of sp³-hybridized carbons (Fsp3) is 0.357. The van der Waals surface area contributed by atoms with Gasteiger partial charge in [-0.25, -0.2) is 4.79 Å². The van der Waals surface area contributed by atoms with Crippen molar-refractivity contribution < 1.29 is 9.53 Å². The smallest absolute Gasteiger partial charge is 0.331 e. The molecule has 0 saturated heterocycles. The van der Waals surface area contributed by atoms with Gasteiger partial charge in [-0.15, -0.1) is 0 Å². The Balaban J connectivity index is 2.60. The Morgan fingerprint density at radius 1 is 1.19 bits per heavy atom. The minimum absolute atomic E-state index is 0.312. The third-order valence-electron chi connectivity index (χ3n) is 1.90. The zero-order valence-electron chi connectivity index (χ0n) is 10.3. The van der Waals surface area contributed by atoms with Gasteiger partial charge in [0.2, 0.25) is 0 Å². The maximum absolute atomic E-state index is 11.4. The number of esters is 1. The lowest BCUT2D eigenvalue weighted by Crippen LogP contribution is -2.22. The van der Waals surface area contributed by atoms with Gasteiger partial charge >= 0.3 is 5.97 Å². The predicted molar refractivity (Wildman–Crippen MR) is 66.1 cm³/mol. The molecule has 1 aromatic rings. The Hall–Kier alpha value is -1.57. The number of ether oxygens (including phenoxy) is 1. The van der Waals surface area contributed by atoms with Crippen LogP contribution in [0.1, 0.15) is 31.9 Å². The van der Waals surface area contributed by atoms with E-state index >= 15 is 0 Å². The molecule has 2 heteroatoms. The summed E-state index contributed by atoms with van der Waals surface area (Å²) in [6.07, 6.45) is 3.21. The largest absolute Gasteiger partial charge is 0.457 e. The number of hydrogen-bond acceptors (Lipinski definition) is 2. The van der Waals surface area contributed by atoms with Crippen LogP contribution in [0.2, 0.25) is 0 Å². The Morgan fingerprint density at radius 2 is 1.75 bits per heavy atom. The molecule has 86 valence electrons. The first kappa shape index (κ1) is 12.5. The summed E-state index contributed by atoms with van der Waals surface area (Å²) in [7, 11) is 0. The molecule has 0 bridgehead atoms. The van der Waals surface area contributed by atoms with Gasteiger partial charge in [-0.3, -0.25) is 0 Å². The van der Waals surface area contributed by atoms with Gasteiger partial charge in [-0.2, -0.15) is 0 Å². The molecule has 0 heterocycles. The van der Waals surface area contributed by atoms with Crippen LogP contribution in [0.25, 0.3) is 6.08 Å². The summed E-state index contributed by atoms with van der Waals surface area (Å²) in [6.45, 7) is 7.58. The lowest BCUT2D eigenvalue weighted by Gasteiger charge is -2.17. The van der Waals surface area contributed by atoms with E-state index in [1.165, 1.54) is 11.6 Å². The number of carbonyl (C=O) groups excluding carboxylic acids is 1. The summed E-state index contributed by atoms with van der Waals surface area (Å²) >= 11 is 0. The van der Waals surface area contributed by atoms with Gasteiger partial charge in [-0.1, -0.05) is 29.8 Å². The highest BCUT2D eigenvalue weighted by Gasteiger charge is 2.13. The van der Waals surface area contributed by atoms with Crippen molar-refractivity contribution in [2.75, 3.05) is 0 Å². The number of aryl methyl sites for hydroxylation is 1. The molecule has 0 N–H and O–H groups in total. The first-order valence-corrected chi connectivity index (χ1v) is 5.34. The van der Waals surface area contributed by atoms with Crippen LogP contribution in [-0.2, 0) is 9.53 Å². The van der Waals surface area contributed by atoms with Crippen LogP contribution in [0.5, 0.6) is 0 Å². The number of carbonyl (C=O) groups is 1. The molecule has 0 spiro atoms. The minimum Gasteiger partial charge on any atom is -0.457 e. The van der Waals surface area contributed by atoms with E-state index in [1.807, 2.05) is 52.0 Å². The van der Waals surface area contributed by atoms with Crippen molar-refractivity contribution in [2.45, 2.75) is 33.3 Å². The molecule has 16 heavy (non-hydrogen) atoms. The van der Waals surface area contributed by atoms with Gasteiger partial charge in [0.1, 0.15) is 5.60 Å². The van der Waals surface area contributed by atoms with E-state index in [2.05, 4.69) is 0 Å². The second-order valence-electron chi connectivity index (χ2n) is 4.78. The van der Waals surface area contributed by atoms with Crippen molar-refractivity contribution in [3.05, 3.63) is 41.5 Å². The van der Waals surface area contributed by atoms with Gasteiger partial charge in [0.05, 0.1) is 0 Å². The zero-order chi connectivity index (χ0) is 12.2. The maximum atomic E-state index is 11.4. The molecule has 0 saturated carbocycles. The van der Waals surface area contributed by atoms with Crippen molar-refractivity contribution in [3.8, 4) is 0 Å². The van der Waals surface area contributed by atoms with E-state index < -0.39 is 5.60 Å². The lowest BCUT2D eigenvalue weighted by molar-refractivity contribution is -0.148. The van der Waals surface area contributed by atoms with E-state index in [9.17, 15) is 4.79 Å². The summed E-state index contributed by atoms with van der Waals surface area (Å²) in [6, 6.07) is 7.95. The van der Waals surface area contributed by atoms with Crippen LogP contribution in [0.15, 0.2) is 30.3 Å². The molecule has 0 unspecified atom stereocenters. The van der Waals surface area contributed by atoms with Gasteiger partial charge in [0.15, 0.2) is 0 Å². The first-order chi connectivity index (χ1) is 7.37. The Morgan fingerprint density at radius 3 is 2.25 bits per heavy atom. The van der Waals surface area contributed by atoms with Crippen LogP contribution in [0.4, 0.5) is 0 Å². The third kappa shape index (κ3) is 4.78. The molecule has 2 nitrogen and oxygen atoms in total. The summed E-state index contributed by atoms with van der Waals surface area (Å²) in [5.41, 5.74) is 1.76. The second kappa shape index (κ2) is 4.97. The highest BCUT2D eigenvalue weighted by atomic mass is 16.6. The summed E-state index contributed by atoms with van der Waals surface area (Å²) in [5.74, 6) is -0.312. The van der Waals surface area contributed by atoms with E-state index in [-0.39, 0.29) is 5.97 Å². The molecule has 0 aromatic heterocycles. The average molecular weight is 218 g/mol. The number of hydrogen-bond donors (Lipinski definition) is 0. The molecule has 1 aromatic carbocycles. The SMILES string of the molecule is Cc1ccc(/C=C/C(=O)OC(C)(C)C)cc1. The average Bonchev–Trinajstić information content (AvgIpc) is 2.14. The molecule has 0 amide bonds. The first-order valence-electron chi connectivity index (χ1n) is 5.34. The fourth-order valence-electron chi connectivity index (χ4n) is 1.18. The fourth-order valence-corrected chi connectivity index (χ4v) is 1.18. The van der Waals surface area contributed by atoms with Gasteiger partial charge in [0, 0.05) is 6.08 Å². The van der Waals surface area contributed by atoms with E-state index in [1.54, 1.807) is 6.08 Å². The number of benzene rings is 1. The Kier molecular flexibility index (Phi) is 3.88. The minimum atomic E-state index is -0.436. The highest BCUT2D eigenvalue weighted by molar-refractivity contribution is 5.87. The predicted octanol–water partition coefficient (Wildman–Crippen LogP) is 3.35. The normalized spacial score (nSPS) is 11.8. The second-order valence-corrected chi connectivity index (χ2v) is 4.78. The standard InChI is InChI=1S/C14H18O2/c1-11-5-7-12(8-6-11)9-10-13(15)16-14(2,3)4/h5-10H,1-4H3/b10-9+. The Bertz CT molecular complexity index is 380. The third-order valence-corrected chi connectivity index (χ3v) is 1.90. The number of rotatable bonds is 2. The Labute approximate surface area is 96.9 Å². The van der Waals surface area contributed by atoms with Crippen molar-refractivity contribution in [1.29, 1.82) is 0 Å². The van der Waals surface area contributed by atoms with Gasteiger partial charge in [-0.05, 0) is 39.3 Å². The molecular formula is C14H18O2. The molecule has 0 fully saturated rings. The van der Waals surface area contributed by atoms with E-state index in [0.717, 1.165) is 5.56 Å². The summed E-state index contributed by atoms with van der Waals surface area (Å²) < 4.78 is 5.16. The maximum Gasteiger partial charge on any atom is 0.331 e. The molecule has 0 aliphatic carbocycles. The van der Waals surface area contributed by atoms with Crippen LogP contribution in [0, 0.1) is 6.92 Å². The van der Waals surface area contributed by atoms with Crippen molar-refractivity contribution >= 4 is 12.0 Å². The molecule has 0 aliphatic rings. The molecule has 0 atom stereocenters. The molecular weight excluding hydrogens is 200 g/mol. The lowest BCUT2D eigenvalue weighted by atomic mass is 10.1. The van der Waals surface area contributed by atoms with Crippen LogP contribution < -0.4 is 0 Å². The summed E-state index contributed by atoms with van der Waals surface area (Å²) in [5, 5.41) is 0. The molecule has 0 aliphatic heterocycles. The monoisotopic (exact) mass is 218 g/mol. The zero-order valence-corrected chi connectivity index (χ0v) is 10.3. The quantitative estimate of drug-likeness (QED) is 0.562. The van der Waals surface area contributed by atoms with Crippen molar-refractivity contribution in [1.82, 2.24) is 0 Å². The summed E-state index contributed by atoms with van der Waals surface area (Å²) in [4.78, 5) is 11.4. The molecule has 0 radical (unpaired) electrons. The van der Waals surface area contributed by atoms with Crippen LogP contribution in [0.3, 0.4) is 0 Å². The van der Waals surface area contributed by atoms with Gasteiger partial charge < -0.3 is 4.74 Å². The van der Waals surface area contributed by atoms with Gasteiger partial charge in [0.25, 0.3) is 0 Å². The highest BCUT2D eigenvalue weighted by Crippen LogP contribution is 2.09. The van der Waals surface area contributed by atoms with Crippen LogP contribution >= 0.6 is 0 Å². The molecule has 1 rings (SSSR count). The van der Waals surface area contributed by atoms with Crippen LogP contribution in [-0.4, -0.2) is 11.6 Å². The van der Waals surface area contributed by atoms with Crippen molar-refractivity contribution in [3.63, 3.8) is 0 Å². The van der Waals surface area contributed by atoms with E-state index in [4.69, 9.17) is 4.74 Å². The topological polar surface area (TPSA) is 26.3 Å².